The van der Waals surface area contributed by atoms with Crippen LogP contribution >= 0.6 is 0 Å². The van der Waals surface area contributed by atoms with Crippen LogP contribution in [0, 0.1) is 5.92 Å². The largest absolute Gasteiger partial charge is 0.493 e. The van der Waals surface area contributed by atoms with E-state index in [2.05, 4.69) is 0 Å². The van der Waals surface area contributed by atoms with E-state index < -0.39 is 10.0 Å². The number of hydrogen-bond acceptors (Lipinski definition) is 5. The normalized spacial score (nSPS) is 17.7. The maximum absolute atomic E-state index is 12.6. The first-order valence-electron chi connectivity index (χ1n) is 6.95. The van der Waals surface area contributed by atoms with Crippen molar-refractivity contribution in [1.82, 2.24) is 4.31 Å². The van der Waals surface area contributed by atoms with Gasteiger partial charge in [0.25, 0.3) is 0 Å². The van der Waals surface area contributed by atoms with Crippen molar-refractivity contribution >= 4 is 10.0 Å². The van der Waals surface area contributed by atoms with Crippen LogP contribution in [0.25, 0.3) is 0 Å². The van der Waals surface area contributed by atoms with Gasteiger partial charge in [-0.1, -0.05) is 0 Å². The minimum atomic E-state index is -3.49. The molecule has 0 unspecified atom stereocenters. The van der Waals surface area contributed by atoms with E-state index >= 15 is 0 Å². The van der Waals surface area contributed by atoms with Gasteiger partial charge in [0, 0.05) is 19.2 Å². The van der Waals surface area contributed by atoms with Gasteiger partial charge >= 0.3 is 0 Å². The van der Waals surface area contributed by atoms with Gasteiger partial charge in [0.15, 0.2) is 11.5 Å². The number of sulfonamides is 1. The Bertz CT molecular complexity index is 581. The van der Waals surface area contributed by atoms with Gasteiger partial charge in [-0.05, 0) is 37.4 Å². The summed E-state index contributed by atoms with van der Waals surface area (Å²) in [7, 11) is -0.490. The Balaban J connectivity index is 2.24. The number of hydrogen-bond donors (Lipinski definition) is 1. The highest BCUT2D eigenvalue weighted by molar-refractivity contribution is 7.89. The van der Waals surface area contributed by atoms with Crippen LogP contribution in [-0.4, -0.2) is 46.6 Å². The molecule has 0 aliphatic carbocycles. The van der Waals surface area contributed by atoms with Gasteiger partial charge in [0.05, 0.1) is 19.1 Å². The molecule has 1 saturated heterocycles. The predicted molar refractivity (Wildman–Crippen MR) is 80.1 cm³/mol. The highest BCUT2D eigenvalue weighted by Crippen LogP contribution is 2.31. The van der Waals surface area contributed by atoms with E-state index in [-0.39, 0.29) is 4.90 Å². The summed E-state index contributed by atoms with van der Waals surface area (Å²) >= 11 is 0. The maximum Gasteiger partial charge on any atom is 0.243 e. The molecule has 0 amide bonds. The van der Waals surface area contributed by atoms with Crippen LogP contribution in [0.1, 0.15) is 12.8 Å². The second-order valence-corrected chi connectivity index (χ2v) is 7.04. The molecule has 0 atom stereocenters. The molecule has 21 heavy (non-hydrogen) atoms. The van der Waals surface area contributed by atoms with Crippen molar-refractivity contribution < 1.29 is 17.9 Å². The third kappa shape index (κ3) is 3.30. The number of methoxy groups -OCH3 is 2. The van der Waals surface area contributed by atoms with Gasteiger partial charge in [-0.25, -0.2) is 8.42 Å². The molecular weight excluding hydrogens is 292 g/mol. The minimum Gasteiger partial charge on any atom is -0.493 e. The lowest BCUT2D eigenvalue weighted by atomic mass is 9.99. The molecule has 6 nitrogen and oxygen atoms in total. The zero-order valence-corrected chi connectivity index (χ0v) is 13.2. The van der Waals surface area contributed by atoms with Crippen molar-refractivity contribution in [1.29, 1.82) is 0 Å². The Labute approximate surface area is 125 Å². The summed E-state index contributed by atoms with van der Waals surface area (Å²) < 4.78 is 37.1. The first-order chi connectivity index (χ1) is 10.0. The molecule has 1 aliphatic rings. The molecule has 0 bridgehead atoms. The zero-order valence-electron chi connectivity index (χ0n) is 12.4. The standard InChI is InChI=1S/C14H22N2O4S/c1-19-13-4-3-12(9-14(13)20-2)21(17,18)16-7-5-11(10-15)6-8-16/h3-4,9,11H,5-8,10,15H2,1-2H3. The van der Waals surface area contributed by atoms with Gasteiger partial charge < -0.3 is 15.2 Å². The van der Waals surface area contributed by atoms with E-state index in [4.69, 9.17) is 15.2 Å². The first-order valence-corrected chi connectivity index (χ1v) is 8.39. The summed E-state index contributed by atoms with van der Waals surface area (Å²) in [6.45, 7) is 1.64. The lowest BCUT2D eigenvalue weighted by molar-refractivity contribution is 0.278. The number of benzene rings is 1. The molecule has 1 aliphatic heterocycles. The van der Waals surface area contributed by atoms with Crippen LogP contribution in [0.2, 0.25) is 0 Å². The Hall–Kier alpha value is -1.31. The van der Waals surface area contributed by atoms with Crippen LogP contribution in [0.4, 0.5) is 0 Å². The Morgan fingerprint density at radius 1 is 1.19 bits per heavy atom. The Kier molecular flexibility index (Phi) is 5.08. The Morgan fingerprint density at radius 3 is 2.33 bits per heavy atom. The topological polar surface area (TPSA) is 81.9 Å². The highest BCUT2D eigenvalue weighted by atomic mass is 32.2. The van der Waals surface area contributed by atoms with E-state index in [1.165, 1.54) is 24.6 Å². The third-order valence-electron chi connectivity index (χ3n) is 3.90. The SMILES string of the molecule is COc1ccc(S(=O)(=O)N2CCC(CN)CC2)cc1OC. The summed E-state index contributed by atoms with van der Waals surface area (Å²) in [6, 6.07) is 4.66. The second kappa shape index (κ2) is 6.64. The van der Waals surface area contributed by atoms with Gasteiger partial charge in [0.2, 0.25) is 10.0 Å². The molecule has 118 valence electrons. The van der Waals surface area contributed by atoms with Crippen molar-refractivity contribution in [2.45, 2.75) is 17.7 Å². The van der Waals surface area contributed by atoms with E-state index in [0.29, 0.717) is 37.1 Å². The van der Waals surface area contributed by atoms with Gasteiger partial charge in [-0.2, -0.15) is 4.31 Å². The first kappa shape index (κ1) is 16.1. The van der Waals surface area contributed by atoms with Crippen LogP contribution in [0.5, 0.6) is 11.5 Å². The average molecular weight is 314 g/mol. The van der Waals surface area contributed by atoms with Gasteiger partial charge in [-0.3, -0.25) is 0 Å². The van der Waals surface area contributed by atoms with Crippen LogP contribution in [-0.2, 0) is 10.0 Å². The molecule has 7 heteroatoms. The third-order valence-corrected chi connectivity index (χ3v) is 5.79. The van der Waals surface area contributed by atoms with Crippen molar-refractivity contribution in [3.05, 3.63) is 18.2 Å². The molecule has 1 aromatic carbocycles. The summed E-state index contributed by atoms with van der Waals surface area (Å²) in [4.78, 5) is 0.228. The molecule has 1 aromatic rings. The molecule has 1 fully saturated rings. The van der Waals surface area contributed by atoms with Crippen LogP contribution in [0.3, 0.4) is 0 Å². The fourth-order valence-electron chi connectivity index (χ4n) is 2.51. The average Bonchev–Trinajstić information content (AvgIpc) is 2.54. The summed E-state index contributed by atoms with van der Waals surface area (Å²) in [5, 5.41) is 0. The molecule has 0 saturated carbocycles. The number of piperidine rings is 1. The summed E-state index contributed by atoms with van der Waals surface area (Å²) in [6.07, 6.45) is 1.62. The van der Waals surface area contributed by atoms with Crippen LogP contribution in [0.15, 0.2) is 23.1 Å². The quantitative estimate of drug-likeness (QED) is 0.879. The monoisotopic (exact) mass is 314 g/mol. The number of nitrogens with zero attached hydrogens (tertiary/aromatic N) is 1. The molecule has 0 spiro atoms. The number of nitrogens with two attached hydrogens (primary N) is 1. The highest BCUT2D eigenvalue weighted by Gasteiger charge is 2.29. The number of rotatable bonds is 5. The fraction of sp³-hybridized carbons (Fsp3) is 0.571. The van der Waals surface area contributed by atoms with E-state index in [0.717, 1.165) is 12.8 Å². The van der Waals surface area contributed by atoms with Crippen molar-refractivity contribution in [2.24, 2.45) is 11.7 Å². The molecule has 0 aromatic heterocycles. The smallest absolute Gasteiger partial charge is 0.243 e. The Morgan fingerprint density at radius 2 is 1.81 bits per heavy atom. The molecule has 1 heterocycles. The molecule has 0 radical (unpaired) electrons. The molecule has 2 rings (SSSR count). The van der Waals surface area contributed by atoms with E-state index in [9.17, 15) is 8.42 Å². The lowest BCUT2D eigenvalue weighted by Crippen LogP contribution is -2.40. The van der Waals surface area contributed by atoms with E-state index in [1.807, 2.05) is 0 Å². The second-order valence-electron chi connectivity index (χ2n) is 5.10. The molecular formula is C14H22N2O4S. The fourth-order valence-corrected chi connectivity index (χ4v) is 4.00. The number of ether oxygens (including phenoxy) is 2. The van der Waals surface area contributed by atoms with E-state index in [1.54, 1.807) is 12.1 Å². The zero-order chi connectivity index (χ0) is 15.5. The van der Waals surface area contributed by atoms with Crippen molar-refractivity contribution in [3.8, 4) is 11.5 Å². The van der Waals surface area contributed by atoms with Crippen molar-refractivity contribution in [2.75, 3.05) is 33.9 Å². The lowest BCUT2D eigenvalue weighted by Gasteiger charge is -2.30. The summed E-state index contributed by atoms with van der Waals surface area (Å²) in [5.41, 5.74) is 5.64. The van der Waals surface area contributed by atoms with Gasteiger partial charge in [-0.15, -0.1) is 0 Å². The maximum atomic E-state index is 12.6. The minimum absolute atomic E-state index is 0.228. The van der Waals surface area contributed by atoms with Crippen LogP contribution < -0.4 is 15.2 Å². The van der Waals surface area contributed by atoms with Gasteiger partial charge in [0.1, 0.15) is 0 Å². The summed E-state index contributed by atoms with van der Waals surface area (Å²) in [5.74, 6) is 1.34. The van der Waals surface area contributed by atoms with Crippen molar-refractivity contribution in [3.63, 3.8) is 0 Å². The molecule has 2 N–H and O–H groups in total. The predicted octanol–water partition coefficient (Wildman–Crippen LogP) is 1.06.